The van der Waals surface area contributed by atoms with Crippen LogP contribution in [0, 0.1) is 0 Å². The summed E-state index contributed by atoms with van der Waals surface area (Å²) in [6.45, 7) is 1.78. The van der Waals surface area contributed by atoms with Crippen molar-refractivity contribution in [2.75, 3.05) is 17.7 Å². The first-order chi connectivity index (χ1) is 14.4. The lowest BCUT2D eigenvalue weighted by atomic mass is 10.1. The van der Waals surface area contributed by atoms with Gasteiger partial charge in [0.15, 0.2) is 5.11 Å². The summed E-state index contributed by atoms with van der Waals surface area (Å²) in [5, 5.41) is 10.4. The number of hydrogen-bond donors (Lipinski definition) is 3. The zero-order valence-corrected chi connectivity index (χ0v) is 18.8. The molecule has 3 aromatic rings. The molecule has 0 unspecified atom stereocenters. The summed E-state index contributed by atoms with van der Waals surface area (Å²) in [4.78, 5) is 24.4. The summed E-state index contributed by atoms with van der Waals surface area (Å²) in [5.74, 6) is -0.0541. The minimum absolute atomic E-state index is 0.0861. The number of carbonyl (C=O) groups excluding carboxylic acids is 2. The minimum atomic E-state index is -0.397. The molecule has 0 bridgehead atoms. The van der Waals surface area contributed by atoms with Crippen molar-refractivity contribution in [3.05, 3.63) is 64.6 Å². The van der Waals surface area contributed by atoms with Crippen LogP contribution in [-0.2, 0) is 4.79 Å². The number of halogens is 1. The van der Waals surface area contributed by atoms with Crippen molar-refractivity contribution < 1.29 is 14.3 Å². The zero-order valence-electron chi connectivity index (χ0n) is 16.4. The van der Waals surface area contributed by atoms with Crippen molar-refractivity contribution in [3.8, 4) is 5.75 Å². The number of carbonyl (C=O) groups is 2. The molecule has 6 nitrogen and oxygen atoms in total. The Kier molecular flexibility index (Phi) is 7.02. The molecule has 0 spiro atoms. The van der Waals surface area contributed by atoms with Crippen molar-refractivity contribution in [2.24, 2.45) is 0 Å². The Morgan fingerprint density at radius 3 is 2.43 bits per heavy atom. The lowest BCUT2D eigenvalue weighted by molar-refractivity contribution is -0.115. The van der Waals surface area contributed by atoms with Crippen LogP contribution in [0.1, 0.15) is 23.7 Å². The van der Waals surface area contributed by atoms with E-state index < -0.39 is 5.91 Å². The van der Waals surface area contributed by atoms with E-state index in [-0.39, 0.29) is 11.0 Å². The molecule has 30 heavy (non-hydrogen) atoms. The fourth-order valence-electron chi connectivity index (χ4n) is 2.91. The van der Waals surface area contributed by atoms with Gasteiger partial charge in [-0.3, -0.25) is 14.9 Å². The Morgan fingerprint density at radius 1 is 1.03 bits per heavy atom. The van der Waals surface area contributed by atoms with E-state index in [1.165, 1.54) is 7.11 Å². The average Bonchev–Trinajstić information content (AvgIpc) is 2.73. The standard InChI is InChI=1S/C22H20BrN3O3S/c1-3-18(27)24-14-8-6-9-15(12-14)25-22(30)26-21(28)17-11-13-7-4-5-10-16(13)19(23)20(17)29-2/h4-12H,3H2,1-2H3,(H,24,27)(H2,25,26,28,30). The van der Waals surface area contributed by atoms with Crippen molar-refractivity contribution >= 4 is 67.2 Å². The quantitative estimate of drug-likeness (QED) is 0.438. The molecule has 0 heterocycles. The number of thiocarbonyl (C=S) groups is 1. The van der Waals surface area contributed by atoms with E-state index in [2.05, 4.69) is 31.9 Å². The molecule has 3 rings (SSSR count). The zero-order chi connectivity index (χ0) is 21.7. The van der Waals surface area contributed by atoms with Gasteiger partial charge in [-0.25, -0.2) is 0 Å². The van der Waals surface area contributed by atoms with Gasteiger partial charge in [0.05, 0.1) is 17.1 Å². The predicted molar refractivity (Wildman–Crippen MR) is 127 cm³/mol. The molecule has 0 fully saturated rings. The number of methoxy groups -OCH3 is 1. The van der Waals surface area contributed by atoms with E-state index in [1.54, 1.807) is 37.3 Å². The van der Waals surface area contributed by atoms with Gasteiger partial charge in [0.1, 0.15) is 5.75 Å². The molecule has 154 valence electrons. The third-order valence-corrected chi connectivity index (χ3v) is 5.33. The molecule has 0 aliphatic rings. The number of amides is 2. The normalized spacial score (nSPS) is 10.4. The van der Waals surface area contributed by atoms with Crippen LogP contribution in [0.5, 0.6) is 5.75 Å². The average molecular weight is 486 g/mol. The number of ether oxygens (including phenoxy) is 1. The molecule has 3 aromatic carbocycles. The van der Waals surface area contributed by atoms with Crippen molar-refractivity contribution in [3.63, 3.8) is 0 Å². The molecule has 0 saturated heterocycles. The predicted octanol–water partition coefficient (Wildman–Crippen LogP) is 5.09. The second-order valence-electron chi connectivity index (χ2n) is 6.38. The summed E-state index contributed by atoms with van der Waals surface area (Å²) in [5.41, 5.74) is 1.64. The SMILES string of the molecule is CCC(=O)Nc1cccc(NC(=S)NC(=O)c2cc3ccccc3c(Br)c2OC)c1. The fraction of sp³-hybridized carbons (Fsp3) is 0.136. The molecular formula is C22H20BrN3O3S. The van der Waals surface area contributed by atoms with Crippen LogP contribution in [0.25, 0.3) is 10.8 Å². The summed E-state index contributed by atoms with van der Waals surface area (Å²) in [6, 6.07) is 16.5. The van der Waals surface area contributed by atoms with Gasteiger partial charge in [0.2, 0.25) is 5.91 Å². The Hall–Kier alpha value is -2.97. The van der Waals surface area contributed by atoms with Crippen LogP contribution in [-0.4, -0.2) is 24.0 Å². The highest BCUT2D eigenvalue weighted by atomic mass is 79.9. The number of rotatable bonds is 5. The molecule has 0 atom stereocenters. The highest BCUT2D eigenvalue weighted by Gasteiger charge is 2.19. The van der Waals surface area contributed by atoms with E-state index in [0.717, 1.165) is 10.8 Å². The first-order valence-electron chi connectivity index (χ1n) is 9.20. The number of benzene rings is 3. The first-order valence-corrected chi connectivity index (χ1v) is 10.4. The highest BCUT2D eigenvalue weighted by molar-refractivity contribution is 9.10. The van der Waals surface area contributed by atoms with E-state index in [1.807, 2.05) is 24.3 Å². The molecule has 8 heteroatoms. The van der Waals surface area contributed by atoms with Crippen LogP contribution in [0.2, 0.25) is 0 Å². The van der Waals surface area contributed by atoms with Gasteiger partial charge < -0.3 is 15.4 Å². The molecular weight excluding hydrogens is 466 g/mol. The lowest BCUT2D eigenvalue weighted by Crippen LogP contribution is -2.34. The van der Waals surface area contributed by atoms with Gasteiger partial charge in [0.25, 0.3) is 5.91 Å². The maximum Gasteiger partial charge on any atom is 0.261 e. The van der Waals surface area contributed by atoms with Gasteiger partial charge in [-0.05, 0) is 63.2 Å². The molecule has 0 aromatic heterocycles. The molecule has 0 aliphatic carbocycles. The maximum atomic E-state index is 12.9. The molecule has 3 N–H and O–H groups in total. The van der Waals surface area contributed by atoms with Crippen molar-refractivity contribution in [2.45, 2.75) is 13.3 Å². The minimum Gasteiger partial charge on any atom is -0.495 e. The Morgan fingerprint density at radius 2 is 1.73 bits per heavy atom. The Bertz CT molecular complexity index is 1130. The van der Waals surface area contributed by atoms with Gasteiger partial charge in [-0.15, -0.1) is 0 Å². The molecule has 0 aliphatic heterocycles. The largest absolute Gasteiger partial charge is 0.495 e. The number of anilines is 2. The smallest absolute Gasteiger partial charge is 0.261 e. The van der Waals surface area contributed by atoms with Crippen LogP contribution in [0.4, 0.5) is 11.4 Å². The lowest BCUT2D eigenvalue weighted by Gasteiger charge is -2.15. The van der Waals surface area contributed by atoms with Crippen LogP contribution < -0.4 is 20.7 Å². The number of nitrogens with one attached hydrogen (secondary N) is 3. The third kappa shape index (κ3) is 4.95. The van der Waals surface area contributed by atoms with Gasteiger partial charge >= 0.3 is 0 Å². The fourth-order valence-corrected chi connectivity index (χ4v) is 3.86. The van der Waals surface area contributed by atoms with Crippen LogP contribution in [0.15, 0.2) is 59.1 Å². The maximum absolute atomic E-state index is 12.9. The molecule has 2 amide bonds. The van der Waals surface area contributed by atoms with Crippen molar-refractivity contribution in [1.29, 1.82) is 0 Å². The van der Waals surface area contributed by atoms with Crippen LogP contribution >= 0.6 is 28.1 Å². The number of hydrogen-bond acceptors (Lipinski definition) is 4. The Labute approximate surface area is 188 Å². The van der Waals surface area contributed by atoms with Gasteiger partial charge in [-0.2, -0.15) is 0 Å². The highest BCUT2D eigenvalue weighted by Crippen LogP contribution is 2.36. The first kappa shape index (κ1) is 21.7. The van der Waals surface area contributed by atoms with E-state index in [0.29, 0.717) is 33.6 Å². The Balaban J connectivity index is 1.77. The molecule has 0 saturated carbocycles. The monoisotopic (exact) mass is 485 g/mol. The van der Waals surface area contributed by atoms with Gasteiger partial charge in [-0.1, -0.05) is 37.3 Å². The third-order valence-electron chi connectivity index (χ3n) is 4.34. The van der Waals surface area contributed by atoms with Crippen molar-refractivity contribution in [1.82, 2.24) is 5.32 Å². The summed E-state index contributed by atoms with van der Waals surface area (Å²) in [6.07, 6.45) is 0.384. The summed E-state index contributed by atoms with van der Waals surface area (Å²) in [7, 11) is 1.51. The van der Waals surface area contributed by atoms with E-state index in [4.69, 9.17) is 17.0 Å². The topological polar surface area (TPSA) is 79.5 Å². The second kappa shape index (κ2) is 9.69. The van der Waals surface area contributed by atoms with E-state index in [9.17, 15) is 9.59 Å². The molecule has 0 radical (unpaired) electrons. The summed E-state index contributed by atoms with van der Waals surface area (Å²) >= 11 is 8.82. The van der Waals surface area contributed by atoms with Gasteiger partial charge in [0, 0.05) is 17.8 Å². The summed E-state index contributed by atoms with van der Waals surface area (Å²) < 4.78 is 6.16. The number of fused-ring (bicyclic) bond motifs is 1. The van der Waals surface area contributed by atoms with Crippen LogP contribution in [0.3, 0.4) is 0 Å². The van der Waals surface area contributed by atoms with E-state index >= 15 is 0 Å². The second-order valence-corrected chi connectivity index (χ2v) is 7.58.